The molecule has 44 heavy (non-hydrogen) atoms. The van der Waals surface area contributed by atoms with Gasteiger partial charge in [-0.15, -0.1) is 11.8 Å². The zero-order valence-electron chi connectivity index (χ0n) is 24.1. The number of fused-ring (bicyclic) bond motifs is 1. The highest BCUT2D eigenvalue weighted by Crippen LogP contribution is 2.43. The van der Waals surface area contributed by atoms with Crippen LogP contribution in [0.25, 0.3) is 10.9 Å². The van der Waals surface area contributed by atoms with Crippen molar-refractivity contribution in [2.24, 2.45) is 5.92 Å². The van der Waals surface area contributed by atoms with E-state index in [1.165, 1.54) is 0 Å². The van der Waals surface area contributed by atoms with E-state index in [-0.39, 0.29) is 36.2 Å². The molecule has 0 spiro atoms. The minimum atomic E-state index is -3.79. The Morgan fingerprint density at radius 1 is 0.818 bits per heavy atom. The number of ether oxygens (including phenoxy) is 2. The second-order valence-electron chi connectivity index (χ2n) is 10.7. The van der Waals surface area contributed by atoms with Gasteiger partial charge >= 0.3 is 0 Å². The Morgan fingerprint density at radius 3 is 2.30 bits per heavy atom. The zero-order chi connectivity index (χ0) is 30.5. The van der Waals surface area contributed by atoms with Gasteiger partial charge in [-0.25, -0.2) is 18.1 Å². The smallest absolute Gasteiger partial charge is 0.243 e. The molecule has 1 unspecified atom stereocenters. The van der Waals surface area contributed by atoms with Crippen molar-refractivity contribution < 1.29 is 23.0 Å². The number of thioether (sulfide) groups is 1. The first kappa shape index (κ1) is 30.4. The minimum Gasteiger partial charge on any atom is -0.392 e. The van der Waals surface area contributed by atoms with Crippen LogP contribution in [0.1, 0.15) is 41.6 Å². The molecule has 5 aromatic rings. The highest BCUT2D eigenvalue weighted by atomic mass is 32.2. The van der Waals surface area contributed by atoms with Gasteiger partial charge < -0.3 is 14.6 Å². The Kier molecular flexibility index (Phi) is 9.36. The van der Waals surface area contributed by atoms with E-state index in [1.807, 2.05) is 78.9 Å². The molecule has 1 aliphatic heterocycles. The number of para-hydroxylation sites is 1. The molecule has 10 heteroatoms. The number of pyridine rings is 2. The van der Waals surface area contributed by atoms with Gasteiger partial charge in [0.2, 0.25) is 10.0 Å². The summed E-state index contributed by atoms with van der Waals surface area (Å²) in [7, 11) is -3.79. The third kappa shape index (κ3) is 6.86. The van der Waals surface area contributed by atoms with Crippen LogP contribution in [0.3, 0.4) is 0 Å². The molecule has 0 saturated carbocycles. The fourth-order valence-corrected chi connectivity index (χ4v) is 7.47. The molecule has 1 saturated heterocycles. The molecule has 0 amide bonds. The van der Waals surface area contributed by atoms with Gasteiger partial charge in [-0.3, -0.25) is 4.98 Å². The molecule has 3 heterocycles. The lowest BCUT2D eigenvalue weighted by Crippen LogP contribution is -2.38. The SMILES string of the molecule is C[C@H]1[C@@H](CSc2ccccn2)OC(c2ccc(CNS(=O)(=O)c3cccc4cccnc34)cc2)O[C@H]1c1ccc(CO)cc1. The molecule has 0 aliphatic carbocycles. The molecule has 1 aliphatic rings. The molecule has 226 valence electrons. The molecule has 0 radical (unpaired) electrons. The molecule has 6 rings (SSSR count). The van der Waals surface area contributed by atoms with Gasteiger partial charge in [0.25, 0.3) is 0 Å². The lowest BCUT2D eigenvalue weighted by atomic mass is 9.91. The number of hydrogen-bond donors (Lipinski definition) is 2. The van der Waals surface area contributed by atoms with Crippen LogP contribution in [0, 0.1) is 5.92 Å². The van der Waals surface area contributed by atoms with Gasteiger partial charge in [0.15, 0.2) is 6.29 Å². The summed E-state index contributed by atoms with van der Waals surface area (Å²) < 4.78 is 42.1. The summed E-state index contributed by atoms with van der Waals surface area (Å²) in [6.07, 6.45) is 2.41. The summed E-state index contributed by atoms with van der Waals surface area (Å²) in [6.45, 7) is 2.24. The van der Waals surface area contributed by atoms with Gasteiger partial charge in [-0.05, 0) is 41.0 Å². The van der Waals surface area contributed by atoms with E-state index in [9.17, 15) is 13.5 Å². The molecular formula is C34H33N3O5S2. The maximum atomic E-state index is 13.2. The quantitative estimate of drug-likeness (QED) is 0.177. The summed E-state index contributed by atoms with van der Waals surface area (Å²) in [5.41, 5.74) is 3.94. The van der Waals surface area contributed by atoms with Crippen LogP contribution in [0.2, 0.25) is 0 Å². The summed E-state index contributed by atoms with van der Waals surface area (Å²) in [5.74, 6) is 0.756. The Hall–Kier alpha value is -3.64. The Balaban J connectivity index is 1.18. The van der Waals surface area contributed by atoms with E-state index in [4.69, 9.17) is 9.47 Å². The number of aliphatic hydroxyl groups is 1. The highest BCUT2D eigenvalue weighted by Gasteiger charge is 2.38. The predicted molar refractivity (Wildman–Crippen MR) is 170 cm³/mol. The number of nitrogens with zero attached hydrogens (tertiary/aromatic N) is 2. The normalized spacial score (nSPS) is 20.5. The number of aromatic nitrogens is 2. The molecule has 2 aromatic heterocycles. The summed E-state index contributed by atoms with van der Waals surface area (Å²) >= 11 is 1.65. The van der Waals surface area contributed by atoms with Gasteiger partial charge in [-0.1, -0.05) is 79.7 Å². The number of sulfonamides is 1. The van der Waals surface area contributed by atoms with E-state index in [0.717, 1.165) is 32.7 Å². The number of hydrogen-bond acceptors (Lipinski definition) is 8. The maximum absolute atomic E-state index is 13.2. The lowest BCUT2D eigenvalue weighted by Gasteiger charge is -2.41. The number of nitrogens with one attached hydrogen (secondary N) is 1. The summed E-state index contributed by atoms with van der Waals surface area (Å²) in [5, 5.41) is 11.2. The first-order valence-electron chi connectivity index (χ1n) is 14.4. The standard InChI is InChI=1S/C34H33N3O5S2/c1-23-29(22-43-31-9-2-3-18-35-31)41-34(42-33(23)27-14-12-25(21-38)13-15-27)28-16-10-24(11-17-28)20-37-44(39,40)30-8-4-6-26-7-5-19-36-32(26)30/h2-19,23,29,33-34,37-38H,20-22H2,1H3/t23-,29+,33+,34?/m0/s1. The number of aliphatic hydroxyl groups excluding tert-OH is 1. The average Bonchev–Trinajstić information content (AvgIpc) is 3.07. The summed E-state index contributed by atoms with van der Waals surface area (Å²) in [6, 6.07) is 30.0. The van der Waals surface area contributed by atoms with Gasteiger partial charge in [0.05, 0.1) is 29.4 Å². The first-order chi connectivity index (χ1) is 21.4. The molecule has 2 N–H and O–H groups in total. The van der Waals surface area contributed by atoms with Crippen molar-refractivity contribution in [3.8, 4) is 0 Å². The van der Waals surface area contributed by atoms with E-state index < -0.39 is 16.3 Å². The first-order valence-corrected chi connectivity index (χ1v) is 16.8. The van der Waals surface area contributed by atoms with Crippen LogP contribution in [0.15, 0.2) is 119 Å². The van der Waals surface area contributed by atoms with Gasteiger partial charge in [0, 0.05) is 41.6 Å². The largest absolute Gasteiger partial charge is 0.392 e. The van der Waals surface area contributed by atoms with Gasteiger partial charge in [0.1, 0.15) is 4.90 Å². The van der Waals surface area contributed by atoms with Crippen molar-refractivity contribution in [3.63, 3.8) is 0 Å². The number of benzene rings is 3. The molecule has 0 bridgehead atoms. The second kappa shape index (κ2) is 13.6. The fraction of sp³-hybridized carbons (Fsp3) is 0.235. The molecular weight excluding hydrogens is 595 g/mol. The second-order valence-corrected chi connectivity index (χ2v) is 13.5. The summed E-state index contributed by atoms with van der Waals surface area (Å²) in [4.78, 5) is 8.87. The van der Waals surface area contributed by atoms with Crippen molar-refractivity contribution >= 4 is 32.7 Å². The Bertz CT molecular complexity index is 1800. The van der Waals surface area contributed by atoms with Crippen molar-refractivity contribution in [2.45, 2.75) is 48.5 Å². The van der Waals surface area contributed by atoms with Crippen LogP contribution < -0.4 is 4.72 Å². The van der Waals surface area contributed by atoms with Crippen LogP contribution in [0.4, 0.5) is 0 Å². The third-order valence-corrected chi connectivity index (χ3v) is 10.2. The fourth-order valence-electron chi connectivity index (χ4n) is 5.25. The van der Waals surface area contributed by atoms with Crippen LogP contribution >= 0.6 is 11.8 Å². The molecule has 3 aromatic carbocycles. The molecule has 1 fully saturated rings. The van der Waals surface area contributed by atoms with Crippen molar-refractivity contribution in [1.82, 2.24) is 14.7 Å². The van der Waals surface area contributed by atoms with Crippen molar-refractivity contribution in [1.29, 1.82) is 0 Å². The number of rotatable bonds is 10. The average molecular weight is 628 g/mol. The van der Waals surface area contributed by atoms with E-state index in [1.54, 1.807) is 42.4 Å². The molecule has 8 nitrogen and oxygen atoms in total. The van der Waals surface area contributed by atoms with E-state index >= 15 is 0 Å². The Labute approximate surface area is 261 Å². The molecule has 4 atom stereocenters. The van der Waals surface area contributed by atoms with Crippen LogP contribution in [0.5, 0.6) is 0 Å². The third-order valence-electron chi connectivity index (χ3n) is 7.76. The van der Waals surface area contributed by atoms with E-state index in [2.05, 4.69) is 21.6 Å². The van der Waals surface area contributed by atoms with Gasteiger partial charge in [-0.2, -0.15) is 0 Å². The maximum Gasteiger partial charge on any atom is 0.243 e. The monoisotopic (exact) mass is 627 g/mol. The van der Waals surface area contributed by atoms with Crippen molar-refractivity contribution in [3.05, 3.63) is 132 Å². The topological polar surface area (TPSA) is 111 Å². The van der Waals surface area contributed by atoms with E-state index in [0.29, 0.717) is 11.3 Å². The van der Waals surface area contributed by atoms with Crippen LogP contribution in [-0.4, -0.2) is 35.3 Å². The zero-order valence-corrected chi connectivity index (χ0v) is 25.7. The lowest BCUT2D eigenvalue weighted by molar-refractivity contribution is -0.268. The Morgan fingerprint density at radius 2 is 1.55 bits per heavy atom. The predicted octanol–water partition coefficient (Wildman–Crippen LogP) is 6.18. The van der Waals surface area contributed by atoms with Crippen LogP contribution in [-0.2, 0) is 32.6 Å². The minimum absolute atomic E-state index is 0.0161. The highest BCUT2D eigenvalue weighted by molar-refractivity contribution is 7.99. The van der Waals surface area contributed by atoms with Crippen molar-refractivity contribution in [2.75, 3.05) is 5.75 Å².